The second-order valence-corrected chi connectivity index (χ2v) is 4.84. The summed E-state index contributed by atoms with van der Waals surface area (Å²) in [5, 5.41) is 11.4. The number of hydrogen-bond acceptors (Lipinski definition) is 5. The molecule has 0 aliphatic rings. The van der Waals surface area contributed by atoms with Gasteiger partial charge in [0.2, 0.25) is 5.16 Å². The summed E-state index contributed by atoms with van der Waals surface area (Å²) in [6.45, 7) is 0. The summed E-state index contributed by atoms with van der Waals surface area (Å²) in [6, 6.07) is 2.33. The largest absolute Gasteiger partial charge is 0.249 e. The van der Waals surface area contributed by atoms with Crippen LogP contribution >= 0.6 is 11.8 Å². The zero-order chi connectivity index (χ0) is 14.3. The fraction of sp³-hybridized carbons (Fsp3) is 0.0909. The third-order valence-electron chi connectivity index (χ3n) is 2.62. The maximum absolute atomic E-state index is 13.9. The van der Waals surface area contributed by atoms with Crippen LogP contribution in [0.3, 0.4) is 0 Å². The number of benzene rings is 1. The molecule has 0 radical (unpaired) electrons. The lowest BCUT2D eigenvalue weighted by molar-refractivity contribution is 0.452. The van der Waals surface area contributed by atoms with Crippen LogP contribution in [0.4, 0.5) is 13.2 Å². The molecule has 1 aromatic carbocycles. The fourth-order valence-electron chi connectivity index (χ4n) is 1.68. The molecule has 0 aliphatic carbocycles. The number of halogens is 3. The lowest BCUT2D eigenvalue weighted by Crippen LogP contribution is -1.97. The van der Waals surface area contributed by atoms with Gasteiger partial charge in [0.25, 0.3) is 0 Å². The number of tetrazole rings is 1. The van der Waals surface area contributed by atoms with E-state index < -0.39 is 17.5 Å². The number of aryl methyl sites for hydroxylation is 1. The van der Waals surface area contributed by atoms with Crippen molar-refractivity contribution in [3.05, 3.63) is 35.8 Å². The van der Waals surface area contributed by atoms with Crippen LogP contribution < -0.4 is 0 Å². The molecule has 102 valence electrons. The Hall–Kier alpha value is -2.16. The van der Waals surface area contributed by atoms with Crippen LogP contribution in [0, 0.1) is 17.5 Å². The van der Waals surface area contributed by atoms with Gasteiger partial charge in [-0.25, -0.2) is 22.8 Å². The van der Waals surface area contributed by atoms with Crippen LogP contribution in [0.1, 0.15) is 0 Å². The first-order valence-corrected chi connectivity index (χ1v) is 6.22. The van der Waals surface area contributed by atoms with Crippen LogP contribution in [0.25, 0.3) is 10.8 Å². The van der Waals surface area contributed by atoms with Gasteiger partial charge in [0.05, 0.1) is 5.39 Å². The first-order valence-electron chi connectivity index (χ1n) is 5.40. The predicted octanol–water partition coefficient (Wildman–Crippen LogP) is 2.33. The van der Waals surface area contributed by atoms with E-state index in [1.807, 2.05) is 0 Å². The molecule has 0 unspecified atom stereocenters. The van der Waals surface area contributed by atoms with Crippen LogP contribution in [-0.4, -0.2) is 25.2 Å². The number of hydrogen-bond donors (Lipinski definition) is 0. The molecule has 5 nitrogen and oxygen atoms in total. The number of fused-ring (bicyclic) bond motifs is 1. The molecule has 0 saturated carbocycles. The predicted molar refractivity (Wildman–Crippen MR) is 64.5 cm³/mol. The third-order valence-corrected chi connectivity index (χ3v) is 3.65. The second kappa shape index (κ2) is 4.75. The molecule has 0 saturated heterocycles. The Bertz CT molecular complexity index is 804. The van der Waals surface area contributed by atoms with E-state index in [2.05, 4.69) is 20.5 Å². The first-order chi connectivity index (χ1) is 9.58. The molecule has 0 atom stereocenters. The Kier molecular flexibility index (Phi) is 3.05. The number of nitrogens with zero attached hydrogens (tertiary/aromatic N) is 5. The fourth-order valence-corrected chi connectivity index (χ4v) is 2.53. The first kappa shape index (κ1) is 12.9. The Morgan fingerprint density at radius 3 is 2.70 bits per heavy atom. The minimum atomic E-state index is -1.52. The zero-order valence-electron chi connectivity index (χ0n) is 10.0. The van der Waals surface area contributed by atoms with Crippen molar-refractivity contribution in [3.63, 3.8) is 0 Å². The van der Waals surface area contributed by atoms with E-state index in [0.717, 1.165) is 17.8 Å². The lowest BCUT2D eigenvalue weighted by atomic mass is 10.1. The van der Waals surface area contributed by atoms with Gasteiger partial charge in [-0.3, -0.25) is 0 Å². The van der Waals surface area contributed by atoms with Crippen molar-refractivity contribution in [1.82, 2.24) is 25.2 Å². The normalized spacial score (nSPS) is 11.2. The number of pyridine rings is 1. The smallest absolute Gasteiger partial charge is 0.215 e. The Balaban J connectivity index is 2.21. The van der Waals surface area contributed by atoms with Crippen molar-refractivity contribution < 1.29 is 13.2 Å². The van der Waals surface area contributed by atoms with E-state index in [1.165, 1.54) is 16.9 Å². The van der Waals surface area contributed by atoms with Gasteiger partial charge in [-0.2, -0.15) is 0 Å². The van der Waals surface area contributed by atoms with Crippen LogP contribution in [-0.2, 0) is 7.05 Å². The average Bonchev–Trinajstić information content (AvgIpc) is 2.82. The Morgan fingerprint density at radius 1 is 1.20 bits per heavy atom. The van der Waals surface area contributed by atoms with Gasteiger partial charge in [-0.05, 0) is 39.7 Å². The maximum Gasteiger partial charge on any atom is 0.215 e. The number of rotatable bonds is 2. The summed E-state index contributed by atoms with van der Waals surface area (Å²) >= 11 is 0.966. The molecule has 0 bridgehead atoms. The van der Waals surface area contributed by atoms with Gasteiger partial charge in [0, 0.05) is 13.2 Å². The number of aromatic nitrogens is 5. The SMILES string of the molecule is Cn1nnnc1Sc1nccc2cc(F)c(F)c(F)c12. The van der Waals surface area contributed by atoms with Crippen molar-refractivity contribution in [2.24, 2.45) is 7.05 Å². The highest BCUT2D eigenvalue weighted by Gasteiger charge is 2.18. The highest BCUT2D eigenvalue weighted by atomic mass is 32.2. The average molecular weight is 297 g/mol. The topological polar surface area (TPSA) is 56.5 Å². The van der Waals surface area contributed by atoms with Crippen molar-refractivity contribution in [2.45, 2.75) is 10.2 Å². The van der Waals surface area contributed by atoms with Gasteiger partial charge in [0.1, 0.15) is 5.03 Å². The molecule has 0 N–H and O–H groups in total. The van der Waals surface area contributed by atoms with E-state index in [0.29, 0.717) is 5.16 Å². The lowest BCUT2D eigenvalue weighted by Gasteiger charge is -2.06. The molecule has 0 spiro atoms. The summed E-state index contributed by atoms with van der Waals surface area (Å²) < 4.78 is 41.9. The molecule has 9 heteroatoms. The van der Waals surface area contributed by atoms with E-state index >= 15 is 0 Å². The molecule has 3 aromatic rings. The van der Waals surface area contributed by atoms with E-state index in [1.54, 1.807) is 7.05 Å². The summed E-state index contributed by atoms with van der Waals surface area (Å²) in [4.78, 5) is 3.98. The minimum absolute atomic E-state index is 0.0978. The molecule has 0 fully saturated rings. The zero-order valence-corrected chi connectivity index (χ0v) is 10.8. The molecule has 2 aromatic heterocycles. The maximum atomic E-state index is 13.9. The third kappa shape index (κ3) is 1.99. The van der Waals surface area contributed by atoms with Crippen molar-refractivity contribution >= 4 is 22.5 Å². The quantitative estimate of drug-likeness (QED) is 0.679. The summed E-state index contributed by atoms with van der Waals surface area (Å²) in [5.41, 5.74) is 0. The highest BCUT2D eigenvalue weighted by molar-refractivity contribution is 7.99. The van der Waals surface area contributed by atoms with Crippen LogP contribution in [0.15, 0.2) is 28.5 Å². The molecular weight excluding hydrogens is 291 g/mol. The van der Waals surface area contributed by atoms with Crippen molar-refractivity contribution in [3.8, 4) is 0 Å². The molecular formula is C11H6F3N5S. The Morgan fingerprint density at radius 2 is 2.00 bits per heavy atom. The van der Waals surface area contributed by atoms with Gasteiger partial charge in [-0.1, -0.05) is 0 Å². The van der Waals surface area contributed by atoms with Gasteiger partial charge >= 0.3 is 0 Å². The Labute approximate surface area is 114 Å². The van der Waals surface area contributed by atoms with Crippen molar-refractivity contribution in [2.75, 3.05) is 0 Å². The molecule has 0 aliphatic heterocycles. The summed E-state index contributed by atoms with van der Waals surface area (Å²) in [6.07, 6.45) is 1.38. The molecule has 3 rings (SSSR count). The second-order valence-electron chi connectivity index (χ2n) is 3.89. The molecule has 2 heterocycles. The van der Waals surface area contributed by atoms with E-state index in [-0.39, 0.29) is 15.8 Å². The summed E-state index contributed by atoms with van der Waals surface area (Å²) in [7, 11) is 1.60. The highest BCUT2D eigenvalue weighted by Crippen LogP contribution is 2.33. The minimum Gasteiger partial charge on any atom is -0.249 e. The van der Waals surface area contributed by atoms with E-state index in [9.17, 15) is 13.2 Å². The van der Waals surface area contributed by atoms with Gasteiger partial charge in [-0.15, -0.1) is 5.10 Å². The van der Waals surface area contributed by atoms with Crippen LogP contribution in [0.5, 0.6) is 0 Å². The van der Waals surface area contributed by atoms with Gasteiger partial charge in [0.15, 0.2) is 17.5 Å². The molecule has 0 amide bonds. The molecule has 20 heavy (non-hydrogen) atoms. The summed E-state index contributed by atoms with van der Waals surface area (Å²) in [5.74, 6) is -4.04. The van der Waals surface area contributed by atoms with Crippen LogP contribution in [0.2, 0.25) is 0 Å². The van der Waals surface area contributed by atoms with Gasteiger partial charge < -0.3 is 0 Å². The monoisotopic (exact) mass is 297 g/mol. The van der Waals surface area contributed by atoms with Crippen molar-refractivity contribution in [1.29, 1.82) is 0 Å². The van der Waals surface area contributed by atoms with E-state index in [4.69, 9.17) is 0 Å². The standard InChI is InChI=1S/C11H6F3N5S/c1-19-11(16-17-18-19)20-10-7-5(2-3-15-10)4-6(12)8(13)9(7)14/h2-4H,1H3.